The summed E-state index contributed by atoms with van der Waals surface area (Å²) in [6, 6.07) is 11.8. The van der Waals surface area contributed by atoms with Crippen molar-refractivity contribution in [3.05, 3.63) is 57.7 Å². The number of pyridine rings is 1. The number of phenolic OH excluding ortho intramolecular Hbond substituents is 1. The Bertz CT molecular complexity index is 1220. The molecule has 0 saturated carbocycles. The highest BCUT2D eigenvalue weighted by Crippen LogP contribution is 2.41. The molecule has 0 saturated heterocycles. The summed E-state index contributed by atoms with van der Waals surface area (Å²) in [5.74, 6) is 0.238. The minimum Gasteiger partial charge on any atom is -0.507 e. The molecule has 130 valence electrons. The predicted octanol–water partition coefficient (Wildman–Crippen LogP) is 4.50. The molecule has 1 aliphatic heterocycles. The molecule has 0 spiro atoms. The molecule has 2 aromatic carbocycles. The molecular weight excluding hydrogens is 344 g/mol. The van der Waals surface area contributed by atoms with Crippen LogP contribution in [0, 0.1) is 0 Å². The van der Waals surface area contributed by atoms with E-state index in [1.165, 1.54) is 22.6 Å². The molecule has 0 amide bonds. The van der Waals surface area contributed by atoms with E-state index in [0.717, 1.165) is 46.9 Å². The van der Waals surface area contributed by atoms with Gasteiger partial charge in [-0.1, -0.05) is 6.07 Å². The van der Waals surface area contributed by atoms with Crippen LogP contribution < -0.4 is 10.5 Å². The Labute approximate surface area is 154 Å². The molecule has 0 fully saturated rings. The second-order valence-electron chi connectivity index (χ2n) is 6.67. The van der Waals surface area contributed by atoms with E-state index in [1.54, 1.807) is 12.1 Å². The number of nitrogens with one attached hydrogen (secondary N) is 1. The summed E-state index contributed by atoms with van der Waals surface area (Å²) in [5, 5.41) is 14.4. The van der Waals surface area contributed by atoms with Crippen LogP contribution in [0.5, 0.6) is 5.75 Å². The topological polar surface area (TPSA) is 56.3 Å². The highest BCUT2D eigenvalue weighted by atomic mass is 32.1. The zero-order valence-electron chi connectivity index (χ0n) is 14.4. The lowest BCUT2D eigenvalue weighted by molar-refractivity contribution is 0.478. The van der Waals surface area contributed by atoms with Gasteiger partial charge in [-0.15, -0.1) is 11.3 Å². The first-order valence-corrected chi connectivity index (χ1v) is 9.68. The van der Waals surface area contributed by atoms with Gasteiger partial charge < -0.3 is 15.0 Å². The van der Waals surface area contributed by atoms with Crippen LogP contribution in [-0.2, 0) is 6.42 Å². The molecule has 3 heterocycles. The van der Waals surface area contributed by atoms with Crippen molar-refractivity contribution in [2.75, 3.05) is 18.0 Å². The Kier molecular flexibility index (Phi) is 3.34. The number of H-pyrrole nitrogens is 1. The van der Waals surface area contributed by atoms with Gasteiger partial charge in [0.15, 0.2) is 0 Å². The number of aromatic amines is 1. The molecule has 0 unspecified atom stereocenters. The minimum atomic E-state index is -0.0771. The maximum Gasteiger partial charge on any atom is 0.266 e. The van der Waals surface area contributed by atoms with Crippen LogP contribution in [0.4, 0.5) is 5.69 Å². The third kappa shape index (κ3) is 2.10. The molecule has 2 N–H and O–H groups in total. The lowest BCUT2D eigenvalue weighted by Gasteiger charge is -2.17. The van der Waals surface area contributed by atoms with Gasteiger partial charge in [-0.2, -0.15) is 0 Å². The fraction of sp³-hybridized carbons (Fsp3) is 0.190. The van der Waals surface area contributed by atoms with Crippen LogP contribution in [-0.4, -0.2) is 23.2 Å². The smallest absolute Gasteiger partial charge is 0.266 e. The molecule has 0 atom stereocenters. The van der Waals surface area contributed by atoms with Crippen molar-refractivity contribution < 1.29 is 5.11 Å². The Morgan fingerprint density at radius 1 is 1.23 bits per heavy atom. The first-order chi connectivity index (χ1) is 12.7. The van der Waals surface area contributed by atoms with Crippen molar-refractivity contribution in [2.24, 2.45) is 0 Å². The average molecular weight is 362 g/mol. The van der Waals surface area contributed by atoms with Gasteiger partial charge in [0.2, 0.25) is 0 Å². The number of aromatic hydroxyl groups is 1. The molecule has 5 rings (SSSR count). The van der Waals surface area contributed by atoms with Gasteiger partial charge >= 0.3 is 0 Å². The third-order valence-corrected chi connectivity index (χ3v) is 6.23. The van der Waals surface area contributed by atoms with Crippen molar-refractivity contribution >= 4 is 38.0 Å². The Morgan fingerprint density at radius 3 is 2.96 bits per heavy atom. The normalized spacial score (nSPS) is 13.7. The third-order valence-electron chi connectivity index (χ3n) is 5.31. The van der Waals surface area contributed by atoms with E-state index in [-0.39, 0.29) is 11.3 Å². The SMILES string of the molecule is CCN1CCc2cc(-c3c(O)ccc4[nH]c(=O)c5sccc5c34)ccc21. The van der Waals surface area contributed by atoms with Crippen molar-refractivity contribution in [3.63, 3.8) is 0 Å². The number of thiophene rings is 1. The fourth-order valence-electron chi connectivity index (χ4n) is 4.08. The van der Waals surface area contributed by atoms with Gasteiger partial charge in [-0.05, 0) is 60.2 Å². The first-order valence-electron chi connectivity index (χ1n) is 8.81. The summed E-state index contributed by atoms with van der Waals surface area (Å²) in [6.45, 7) is 4.21. The first kappa shape index (κ1) is 15.5. The van der Waals surface area contributed by atoms with Crippen LogP contribution in [0.15, 0.2) is 46.6 Å². The fourth-order valence-corrected chi connectivity index (χ4v) is 4.88. The molecule has 0 bridgehead atoms. The second-order valence-corrected chi connectivity index (χ2v) is 7.59. The van der Waals surface area contributed by atoms with Crippen LogP contribution in [0.2, 0.25) is 0 Å². The molecule has 5 heteroatoms. The molecule has 0 radical (unpaired) electrons. The largest absolute Gasteiger partial charge is 0.507 e. The van der Waals surface area contributed by atoms with Gasteiger partial charge in [-0.3, -0.25) is 4.79 Å². The van der Waals surface area contributed by atoms with Gasteiger partial charge in [0, 0.05) is 40.6 Å². The van der Waals surface area contributed by atoms with E-state index in [4.69, 9.17) is 0 Å². The van der Waals surface area contributed by atoms with E-state index >= 15 is 0 Å². The summed E-state index contributed by atoms with van der Waals surface area (Å²) in [6.07, 6.45) is 1.02. The minimum absolute atomic E-state index is 0.0771. The summed E-state index contributed by atoms with van der Waals surface area (Å²) in [4.78, 5) is 17.6. The quantitative estimate of drug-likeness (QED) is 0.552. The number of anilines is 1. The summed E-state index contributed by atoms with van der Waals surface area (Å²) in [5.41, 5.74) is 5.05. The summed E-state index contributed by atoms with van der Waals surface area (Å²) in [7, 11) is 0. The van der Waals surface area contributed by atoms with Gasteiger partial charge in [0.05, 0.1) is 0 Å². The Hall–Kier alpha value is -2.79. The van der Waals surface area contributed by atoms with Crippen LogP contribution in [0.3, 0.4) is 0 Å². The number of phenols is 1. The van der Waals surface area contributed by atoms with Gasteiger partial charge in [-0.25, -0.2) is 0 Å². The molecular formula is C21H18N2O2S. The zero-order valence-corrected chi connectivity index (χ0v) is 15.2. The Balaban J connectivity index is 1.84. The molecule has 2 aromatic heterocycles. The average Bonchev–Trinajstić information content (AvgIpc) is 3.28. The molecule has 4 aromatic rings. The van der Waals surface area contributed by atoms with Crippen LogP contribution >= 0.6 is 11.3 Å². The monoisotopic (exact) mass is 362 g/mol. The molecule has 0 aliphatic carbocycles. The summed E-state index contributed by atoms with van der Waals surface area (Å²) >= 11 is 1.43. The number of hydrogen-bond donors (Lipinski definition) is 2. The molecule has 4 nitrogen and oxygen atoms in total. The van der Waals surface area contributed by atoms with E-state index in [1.807, 2.05) is 11.4 Å². The predicted molar refractivity (Wildman–Crippen MR) is 109 cm³/mol. The standard InChI is InChI=1S/C21H18N2O2S/c1-2-23-9-7-12-11-13(3-5-16(12)23)18-17(24)6-4-15-19(18)14-8-10-26-20(14)21(25)22-15/h3-6,8,10-11,24H,2,7,9H2,1H3,(H,22,25). The van der Waals surface area contributed by atoms with Crippen LogP contribution in [0.1, 0.15) is 12.5 Å². The summed E-state index contributed by atoms with van der Waals surface area (Å²) < 4.78 is 0.697. The second kappa shape index (κ2) is 5.61. The van der Waals surface area contributed by atoms with Gasteiger partial charge in [0.25, 0.3) is 5.56 Å². The van der Waals surface area contributed by atoms with E-state index in [2.05, 4.69) is 35.0 Å². The lowest BCUT2D eigenvalue weighted by atomic mass is 9.95. The number of likely N-dealkylation sites (N-methyl/N-ethyl adjacent to an activating group) is 1. The lowest BCUT2D eigenvalue weighted by Crippen LogP contribution is -2.18. The van der Waals surface area contributed by atoms with E-state index in [0.29, 0.717) is 4.70 Å². The van der Waals surface area contributed by atoms with Crippen molar-refractivity contribution in [1.29, 1.82) is 0 Å². The zero-order chi connectivity index (χ0) is 17.8. The Morgan fingerprint density at radius 2 is 2.12 bits per heavy atom. The number of benzene rings is 2. The molecule has 26 heavy (non-hydrogen) atoms. The highest BCUT2D eigenvalue weighted by Gasteiger charge is 2.20. The highest BCUT2D eigenvalue weighted by molar-refractivity contribution is 7.17. The van der Waals surface area contributed by atoms with Crippen molar-refractivity contribution in [3.8, 4) is 16.9 Å². The maximum absolute atomic E-state index is 12.3. The van der Waals surface area contributed by atoms with Crippen molar-refractivity contribution in [1.82, 2.24) is 4.98 Å². The number of aromatic nitrogens is 1. The van der Waals surface area contributed by atoms with Crippen LogP contribution in [0.25, 0.3) is 32.1 Å². The maximum atomic E-state index is 12.3. The number of fused-ring (bicyclic) bond motifs is 4. The van der Waals surface area contributed by atoms with Gasteiger partial charge in [0.1, 0.15) is 10.4 Å². The van der Waals surface area contributed by atoms with E-state index < -0.39 is 0 Å². The number of rotatable bonds is 2. The van der Waals surface area contributed by atoms with E-state index in [9.17, 15) is 9.90 Å². The molecule has 1 aliphatic rings. The number of nitrogens with zero attached hydrogens (tertiary/aromatic N) is 1. The number of hydrogen-bond acceptors (Lipinski definition) is 4. The van der Waals surface area contributed by atoms with Crippen molar-refractivity contribution in [2.45, 2.75) is 13.3 Å².